The molecule has 0 saturated carbocycles. The van der Waals surface area contributed by atoms with Crippen LogP contribution < -0.4 is 0 Å². The summed E-state index contributed by atoms with van der Waals surface area (Å²) >= 11 is 0. The summed E-state index contributed by atoms with van der Waals surface area (Å²) in [6, 6.07) is 9.84. The smallest absolute Gasteiger partial charge is 0.170 e. The zero-order chi connectivity index (χ0) is 16.1. The van der Waals surface area contributed by atoms with Crippen LogP contribution in [-0.2, 0) is 0 Å². The molecule has 6 heteroatoms. The molecule has 116 valence electrons. The molecule has 0 fully saturated rings. The molecule has 22 heavy (non-hydrogen) atoms. The molecule has 3 rings (SSSR count). The Morgan fingerprint density at radius 3 is 0.909 bits per heavy atom. The van der Waals surface area contributed by atoms with Crippen LogP contribution in [0.15, 0.2) is 48.5 Å². The van der Waals surface area contributed by atoms with Crippen molar-refractivity contribution in [3.05, 3.63) is 70.8 Å². The summed E-state index contributed by atoms with van der Waals surface area (Å²) in [5.41, 5.74) is -1.29. The largest absolute Gasteiger partial charge is 0.399 e. The highest BCUT2D eigenvalue weighted by Crippen LogP contribution is 2.54. The Kier molecular flexibility index (Phi) is 3.23. The van der Waals surface area contributed by atoms with Gasteiger partial charge in [-0.15, -0.1) is 0 Å². The predicted molar refractivity (Wildman–Crippen MR) is 68.7 cm³/mol. The molecule has 0 bridgehead atoms. The van der Waals surface area contributed by atoms with E-state index < -0.39 is 24.2 Å². The molecule has 2 aromatic carbocycles. The summed E-state index contributed by atoms with van der Waals surface area (Å²) in [5, 5.41) is 0. The first-order valence-electron chi connectivity index (χ1n) is 6.52. The average Bonchev–Trinajstić information content (AvgIpc) is 2.41. The highest BCUT2D eigenvalue weighted by Gasteiger charge is 2.53. The summed E-state index contributed by atoms with van der Waals surface area (Å²) in [5.74, 6) is -4.06. The number of benzene rings is 2. The lowest BCUT2D eigenvalue weighted by Gasteiger charge is -2.35. The van der Waals surface area contributed by atoms with Gasteiger partial charge in [-0.3, -0.25) is 0 Å². The predicted octanol–water partition coefficient (Wildman–Crippen LogP) is 5.39. The summed E-state index contributed by atoms with van der Waals surface area (Å²) in [7, 11) is 0. The van der Waals surface area contributed by atoms with Crippen molar-refractivity contribution >= 4 is 0 Å². The van der Waals surface area contributed by atoms with Gasteiger partial charge < -0.3 is 0 Å². The van der Waals surface area contributed by atoms with Gasteiger partial charge >= 0.3 is 12.4 Å². The van der Waals surface area contributed by atoms with Crippen molar-refractivity contribution in [3.8, 4) is 0 Å². The van der Waals surface area contributed by atoms with Gasteiger partial charge in [0.2, 0.25) is 0 Å². The Hall–Kier alpha value is -1.98. The SMILES string of the molecule is FC(F)(F)C1c2ccccc2C(C(F)(F)F)c2ccccc21. The first kappa shape index (κ1) is 14.9. The minimum absolute atomic E-state index is 0.323. The van der Waals surface area contributed by atoms with Crippen LogP contribution in [0.5, 0.6) is 0 Å². The van der Waals surface area contributed by atoms with E-state index in [4.69, 9.17) is 0 Å². The Morgan fingerprint density at radius 1 is 0.500 bits per heavy atom. The van der Waals surface area contributed by atoms with E-state index in [1.165, 1.54) is 24.3 Å². The van der Waals surface area contributed by atoms with Crippen LogP contribution in [0.3, 0.4) is 0 Å². The lowest BCUT2D eigenvalue weighted by molar-refractivity contribution is -0.152. The Labute approximate surface area is 122 Å². The maximum atomic E-state index is 13.4. The molecule has 0 saturated heterocycles. The zero-order valence-electron chi connectivity index (χ0n) is 11.0. The molecular weight excluding hydrogens is 306 g/mol. The fourth-order valence-corrected chi connectivity index (χ4v) is 3.11. The standard InChI is InChI=1S/C16H10F6/c17-15(18,19)13-9-5-1-2-6-10(9)14(16(20,21)22)12-8-4-3-7-11(12)13/h1-8,13-14H. The van der Waals surface area contributed by atoms with E-state index in [1.807, 2.05) is 0 Å². The van der Waals surface area contributed by atoms with Crippen molar-refractivity contribution in [2.45, 2.75) is 24.2 Å². The van der Waals surface area contributed by atoms with Crippen LogP contribution in [0, 0.1) is 0 Å². The number of rotatable bonds is 0. The molecule has 0 N–H and O–H groups in total. The van der Waals surface area contributed by atoms with E-state index in [1.54, 1.807) is 0 Å². The molecule has 0 radical (unpaired) electrons. The molecular formula is C16H10F6. The third-order valence-electron chi connectivity index (χ3n) is 3.89. The lowest BCUT2D eigenvalue weighted by atomic mass is 9.72. The summed E-state index contributed by atoms with van der Waals surface area (Å²) < 4.78 is 80.6. The second-order valence-electron chi connectivity index (χ2n) is 5.21. The summed E-state index contributed by atoms with van der Waals surface area (Å²) in [6.45, 7) is 0. The third kappa shape index (κ3) is 2.26. The number of halogens is 6. The third-order valence-corrected chi connectivity index (χ3v) is 3.89. The van der Waals surface area contributed by atoms with Crippen LogP contribution in [0.4, 0.5) is 26.3 Å². The van der Waals surface area contributed by atoms with E-state index in [0.717, 1.165) is 24.3 Å². The molecule has 0 spiro atoms. The molecule has 0 aliphatic heterocycles. The first-order valence-corrected chi connectivity index (χ1v) is 6.52. The van der Waals surface area contributed by atoms with Crippen molar-refractivity contribution < 1.29 is 26.3 Å². The van der Waals surface area contributed by atoms with E-state index in [9.17, 15) is 26.3 Å². The van der Waals surface area contributed by atoms with Crippen molar-refractivity contribution in [2.24, 2.45) is 0 Å². The van der Waals surface area contributed by atoms with Crippen molar-refractivity contribution in [1.82, 2.24) is 0 Å². The van der Waals surface area contributed by atoms with Crippen LogP contribution in [-0.4, -0.2) is 12.4 Å². The van der Waals surface area contributed by atoms with Crippen LogP contribution in [0.25, 0.3) is 0 Å². The molecule has 2 aromatic rings. The highest BCUT2D eigenvalue weighted by atomic mass is 19.4. The van der Waals surface area contributed by atoms with Gasteiger partial charge in [-0.2, -0.15) is 26.3 Å². The van der Waals surface area contributed by atoms with Gasteiger partial charge in [0.15, 0.2) is 0 Å². The maximum absolute atomic E-state index is 13.4. The van der Waals surface area contributed by atoms with Gasteiger partial charge in [0.1, 0.15) is 11.8 Å². The van der Waals surface area contributed by atoms with Crippen LogP contribution >= 0.6 is 0 Å². The minimum atomic E-state index is -4.65. The van der Waals surface area contributed by atoms with Gasteiger partial charge in [-0.05, 0) is 22.3 Å². The summed E-state index contributed by atoms with van der Waals surface area (Å²) in [6.07, 6.45) is -9.30. The number of hydrogen-bond acceptors (Lipinski definition) is 0. The molecule has 0 atom stereocenters. The Balaban J connectivity index is 2.34. The van der Waals surface area contributed by atoms with Crippen LogP contribution in [0.2, 0.25) is 0 Å². The van der Waals surface area contributed by atoms with Gasteiger partial charge in [0.25, 0.3) is 0 Å². The fourth-order valence-electron chi connectivity index (χ4n) is 3.11. The molecule has 0 aromatic heterocycles. The summed E-state index contributed by atoms with van der Waals surface area (Å²) in [4.78, 5) is 0. The molecule has 1 aliphatic rings. The topological polar surface area (TPSA) is 0 Å². The first-order chi connectivity index (χ1) is 10.2. The van der Waals surface area contributed by atoms with E-state index in [-0.39, 0.29) is 22.3 Å². The van der Waals surface area contributed by atoms with Crippen LogP contribution in [0.1, 0.15) is 34.1 Å². The number of alkyl halides is 6. The van der Waals surface area contributed by atoms with Crippen molar-refractivity contribution in [3.63, 3.8) is 0 Å². The van der Waals surface area contributed by atoms with Crippen molar-refractivity contribution in [1.29, 1.82) is 0 Å². The monoisotopic (exact) mass is 316 g/mol. The molecule has 0 amide bonds. The zero-order valence-corrected chi connectivity index (χ0v) is 11.0. The maximum Gasteiger partial charge on any atom is 0.399 e. The second kappa shape index (κ2) is 4.76. The molecule has 0 heterocycles. The van der Waals surface area contributed by atoms with E-state index >= 15 is 0 Å². The number of fused-ring (bicyclic) bond motifs is 2. The normalized spacial score (nSPS) is 21.2. The van der Waals surface area contributed by atoms with Gasteiger partial charge in [-0.1, -0.05) is 48.5 Å². The highest BCUT2D eigenvalue weighted by molar-refractivity contribution is 5.54. The average molecular weight is 316 g/mol. The van der Waals surface area contributed by atoms with Gasteiger partial charge in [0, 0.05) is 0 Å². The van der Waals surface area contributed by atoms with E-state index in [0.29, 0.717) is 0 Å². The van der Waals surface area contributed by atoms with Crippen molar-refractivity contribution in [2.75, 3.05) is 0 Å². The number of hydrogen-bond donors (Lipinski definition) is 0. The molecule has 1 aliphatic carbocycles. The second-order valence-corrected chi connectivity index (χ2v) is 5.21. The minimum Gasteiger partial charge on any atom is -0.170 e. The molecule has 0 unspecified atom stereocenters. The molecule has 0 nitrogen and oxygen atoms in total. The van der Waals surface area contributed by atoms with Gasteiger partial charge in [0.05, 0.1) is 0 Å². The van der Waals surface area contributed by atoms with Gasteiger partial charge in [-0.25, -0.2) is 0 Å². The lowest BCUT2D eigenvalue weighted by Crippen LogP contribution is -2.33. The fraction of sp³-hybridized carbons (Fsp3) is 0.250. The van der Waals surface area contributed by atoms with E-state index in [2.05, 4.69) is 0 Å². The quantitative estimate of drug-likeness (QED) is 0.572. The Morgan fingerprint density at radius 2 is 0.727 bits per heavy atom. The Bertz CT molecular complexity index is 591.